The lowest BCUT2D eigenvalue weighted by atomic mass is 10.1. The van der Waals surface area contributed by atoms with Crippen molar-refractivity contribution in [3.63, 3.8) is 0 Å². The van der Waals surface area contributed by atoms with Crippen molar-refractivity contribution < 1.29 is 13.2 Å². The van der Waals surface area contributed by atoms with Crippen LogP contribution in [0.25, 0.3) is 0 Å². The molecular weight excluding hydrogens is 299 g/mol. The third-order valence-electron chi connectivity index (χ3n) is 2.89. The van der Waals surface area contributed by atoms with Crippen LogP contribution in [0.3, 0.4) is 0 Å². The van der Waals surface area contributed by atoms with Crippen LogP contribution in [0.15, 0.2) is 4.47 Å². The van der Waals surface area contributed by atoms with Crippen LogP contribution < -0.4 is 5.32 Å². The second-order valence-electron chi connectivity index (χ2n) is 4.25. The van der Waals surface area contributed by atoms with Gasteiger partial charge < -0.3 is 5.32 Å². The van der Waals surface area contributed by atoms with Gasteiger partial charge in [-0.25, -0.2) is 4.68 Å². The van der Waals surface area contributed by atoms with Gasteiger partial charge in [0.15, 0.2) is 6.04 Å². The zero-order valence-corrected chi connectivity index (χ0v) is 11.1. The largest absolute Gasteiger partial charge is 0.410 e. The molecule has 2 unspecified atom stereocenters. The van der Waals surface area contributed by atoms with E-state index in [1.54, 1.807) is 6.92 Å². The highest BCUT2D eigenvalue weighted by atomic mass is 79.9. The number of fused-ring (bicyclic) bond motifs is 1. The van der Waals surface area contributed by atoms with Gasteiger partial charge in [0, 0.05) is 6.04 Å². The quantitative estimate of drug-likeness (QED) is 0.860. The van der Waals surface area contributed by atoms with Gasteiger partial charge in [-0.1, -0.05) is 6.92 Å². The molecule has 3 nitrogen and oxygen atoms in total. The third kappa shape index (κ3) is 2.17. The van der Waals surface area contributed by atoms with Gasteiger partial charge in [-0.15, -0.1) is 0 Å². The normalized spacial score (nSPS) is 24.4. The van der Waals surface area contributed by atoms with Crippen LogP contribution in [0.4, 0.5) is 19.0 Å². The maximum absolute atomic E-state index is 12.9. The molecular formula is C10H13BrF3N3. The molecule has 2 rings (SSSR count). The van der Waals surface area contributed by atoms with Crippen LogP contribution in [0.1, 0.15) is 32.0 Å². The van der Waals surface area contributed by atoms with Crippen LogP contribution in [0.2, 0.25) is 0 Å². The zero-order chi connectivity index (χ0) is 12.8. The van der Waals surface area contributed by atoms with Crippen molar-refractivity contribution in [2.45, 2.75) is 44.9 Å². The summed E-state index contributed by atoms with van der Waals surface area (Å²) in [6.45, 7) is 3.61. The molecule has 0 aliphatic carbocycles. The van der Waals surface area contributed by atoms with Crippen molar-refractivity contribution in [3.05, 3.63) is 10.2 Å². The molecule has 1 aromatic rings. The highest BCUT2D eigenvalue weighted by Gasteiger charge is 2.46. The maximum atomic E-state index is 12.9. The Kier molecular flexibility index (Phi) is 3.14. The molecule has 0 saturated heterocycles. The second kappa shape index (κ2) is 4.19. The van der Waals surface area contributed by atoms with Gasteiger partial charge >= 0.3 is 6.18 Å². The fraction of sp³-hybridized carbons (Fsp3) is 0.700. The fourth-order valence-electron chi connectivity index (χ4n) is 2.04. The van der Waals surface area contributed by atoms with Crippen molar-refractivity contribution in [1.82, 2.24) is 9.78 Å². The van der Waals surface area contributed by atoms with Gasteiger partial charge in [0.1, 0.15) is 5.82 Å². The number of nitrogens with zero attached hydrogens (tertiary/aromatic N) is 2. The van der Waals surface area contributed by atoms with E-state index >= 15 is 0 Å². The van der Waals surface area contributed by atoms with Crippen LogP contribution >= 0.6 is 15.9 Å². The monoisotopic (exact) mass is 311 g/mol. The maximum Gasteiger partial charge on any atom is 0.410 e. The first-order valence-electron chi connectivity index (χ1n) is 5.44. The molecule has 7 heteroatoms. The number of rotatable bonds is 1. The van der Waals surface area contributed by atoms with E-state index in [2.05, 4.69) is 26.3 Å². The summed E-state index contributed by atoms with van der Waals surface area (Å²) in [6.07, 6.45) is -3.66. The second-order valence-corrected chi connectivity index (χ2v) is 5.04. The van der Waals surface area contributed by atoms with Crippen molar-refractivity contribution in [2.75, 3.05) is 5.32 Å². The van der Waals surface area contributed by atoms with Crippen LogP contribution in [-0.2, 0) is 6.42 Å². The van der Waals surface area contributed by atoms with Gasteiger partial charge in [0.2, 0.25) is 0 Å². The number of aromatic nitrogens is 2. The number of hydrogen-bond donors (Lipinski definition) is 1. The summed E-state index contributed by atoms with van der Waals surface area (Å²) in [5, 5.41) is 7.08. The molecule has 1 N–H and O–H groups in total. The average Bonchev–Trinajstić information content (AvgIpc) is 2.54. The smallest absolute Gasteiger partial charge is 0.367 e. The van der Waals surface area contributed by atoms with Gasteiger partial charge in [-0.05, 0) is 35.7 Å². The summed E-state index contributed by atoms with van der Waals surface area (Å²) in [5.41, 5.74) is 0.649. The Morgan fingerprint density at radius 3 is 2.71 bits per heavy atom. The minimum absolute atomic E-state index is 0.00771. The molecule has 0 saturated carbocycles. The van der Waals surface area contributed by atoms with Crippen LogP contribution in [-0.4, -0.2) is 22.0 Å². The summed E-state index contributed by atoms with van der Waals surface area (Å²) in [4.78, 5) is 0. The number of aryl methyl sites for hydroxylation is 1. The Balaban J connectivity index is 2.50. The minimum atomic E-state index is -4.26. The number of alkyl halides is 3. The van der Waals surface area contributed by atoms with Gasteiger partial charge in [0.05, 0.1) is 10.2 Å². The van der Waals surface area contributed by atoms with E-state index in [4.69, 9.17) is 0 Å². The fourth-order valence-corrected chi connectivity index (χ4v) is 2.70. The lowest BCUT2D eigenvalue weighted by Crippen LogP contribution is -2.38. The zero-order valence-electron chi connectivity index (χ0n) is 9.48. The summed E-state index contributed by atoms with van der Waals surface area (Å²) < 4.78 is 40.5. The first-order chi connectivity index (χ1) is 7.84. The molecule has 0 bridgehead atoms. The molecule has 1 aliphatic heterocycles. The van der Waals surface area contributed by atoms with E-state index in [0.29, 0.717) is 22.4 Å². The first kappa shape index (κ1) is 12.7. The molecule has 0 radical (unpaired) electrons. The number of nitrogens with one attached hydrogen (secondary N) is 1. The molecule has 1 aliphatic rings. The summed E-state index contributed by atoms with van der Waals surface area (Å²) in [6, 6.07) is -1.75. The van der Waals surface area contributed by atoms with E-state index in [-0.39, 0.29) is 12.5 Å². The molecule has 96 valence electrons. The SMILES string of the molecule is CCc1nn2c(c1Br)NC(C)CC2C(F)(F)F. The summed E-state index contributed by atoms with van der Waals surface area (Å²) >= 11 is 3.31. The van der Waals surface area contributed by atoms with Gasteiger partial charge in [-0.3, -0.25) is 0 Å². The lowest BCUT2D eigenvalue weighted by Gasteiger charge is -2.31. The molecule has 0 aromatic carbocycles. The van der Waals surface area contributed by atoms with Crippen molar-refractivity contribution in [2.24, 2.45) is 0 Å². The Morgan fingerprint density at radius 2 is 2.18 bits per heavy atom. The van der Waals surface area contributed by atoms with E-state index in [9.17, 15) is 13.2 Å². The Labute approximate surface area is 106 Å². The van der Waals surface area contributed by atoms with Gasteiger partial charge in [-0.2, -0.15) is 18.3 Å². The lowest BCUT2D eigenvalue weighted by molar-refractivity contribution is -0.173. The predicted octanol–water partition coefficient (Wildman–Crippen LogP) is 3.52. The third-order valence-corrected chi connectivity index (χ3v) is 3.72. The first-order valence-corrected chi connectivity index (χ1v) is 6.24. The summed E-state index contributed by atoms with van der Waals surface area (Å²) in [7, 11) is 0. The Morgan fingerprint density at radius 1 is 1.53 bits per heavy atom. The standard InChI is InChI=1S/C10H13BrF3N3/c1-3-6-8(11)9-15-5(2)4-7(10(12,13)14)17(9)16-6/h5,7,15H,3-4H2,1-2H3. The summed E-state index contributed by atoms with van der Waals surface area (Å²) in [5.74, 6) is 0.433. The molecule has 17 heavy (non-hydrogen) atoms. The highest BCUT2D eigenvalue weighted by molar-refractivity contribution is 9.10. The van der Waals surface area contributed by atoms with Crippen molar-refractivity contribution >= 4 is 21.7 Å². The number of anilines is 1. The van der Waals surface area contributed by atoms with E-state index in [0.717, 1.165) is 4.68 Å². The molecule has 0 fully saturated rings. The Hall–Kier alpha value is -0.720. The molecule has 0 amide bonds. The van der Waals surface area contributed by atoms with Gasteiger partial charge in [0.25, 0.3) is 0 Å². The topological polar surface area (TPSA) is 29.9 Å². The van der Waals surface area contributed by atoms with E-state index in [1.807, 2.05) is 6.92 Å². The predicted molar refractivity (Wildman–Crippen MR) is 62.1 cm³/mol. The van der Waals surface area contributed by atoms with E-state index in [1.165, 1.54) is 0 Å². The number of hydrogen-bond acceptors (Lipinski definition) is 2. The van der Waals surface area contributed by atoms with E-state index < -0.39 is 12.2 Å². The van der Waals surface area contributed by atoms with Crippen molar-refractivity contribution in [3.8, 4) is 0 Å². The molecule has 1 aromatic heterocycles. The number of halogens is 4. The molecule has 2 heterocycles. The van der Waals surface area contributed by atoms with Crippen LogP contribution in [0, 0.1) is 0 Å². The highest BCUT2D eigenvalue weighted by Crippen LogP contribution is 2.42. The van der Waals surface area contributed by atoms with Crippen LogP contribution in [0.5, 0.6) is 0 Å². The Bertz CT molecular complexity index is 427. The molecule has 0 spiro atoms. The molecule has 2 atom stereocenters. The minimum Gasteiger partial charge on any atom is -0.367 e. The van der Waals surface area contributed by atoms with Crippen molar-refractivity contribution in [1.29, 1.82) is 0 Å². The average molecular weight is 312 g/mol.